The van der Waals surface area contributed by atoms with Crippen molar-refractivity contribution in [3.05, 3.63) is 92.6 Å². The molecule has 0 fully saturated rings. The van der Waals surface area contributed by atoms with E-state index < -0.39 is 28.7 Å². The molecule has 0 spiro atoms. The summed E-state index contributed by atoms with van der Waals surface area (Å²) in [4.78, 5) is 30.4. The summed E-state index contributed by atoms with van der Waals surface area (Å²) in [7, 11) is 1.43. The van der Waals surface area contributed by atoms with Crippen molar-refractivity contribution < 1.29 is 17.9 Å². The van der Waals surface area contributed by atoms with Crippen LogP contribution < -0.4 is 11.2 Å². The zero-order valence-electron chi connectivity index (χ0n) is 16.4. The van der Waals surface area contributed by atoms with E-state index in [0.717, 1.165) is 27.3 Å². The largest absolute Gasteiger partial charge is 0.383 e. The molecular weight excluding hydrogens is 413 g/mol. The van der Waals surface area contributed by atoms with Crippen LogP contribution >= 0.6 is 0 Å². The van der Waals surface area contributed by atoms with E-state index in [1.54, 1.807) is 0 Å². The molecule has 4 aromatic rings. The lowest BCUT2D eigenvalue weighted by molar-refractivity contribution is 0.184. The molecule has 31 heavy (non-hydrogen) atoms. The van der Waals surface area contributed by atoms with Crippen LogP contribution in [-0.2, 0) is 17.8 Å². The summed E-state index contributed by atoms with van der Waals surface area (Å²) < 4.78 is 49.7. The van der Waals surface area contributed by atoms with Crippen LogP contribution in [0.15, 0.2) is 58.4 Å². The van der Waals surface area contributed by atoms with Gasteiger partial charge in [0.15, 0.2) is 11.2 Å². The maximum absolute atomic E-state index is 14.2. The number of halogens is 3. The second kappa shape index (κ2) is 8.23. The van der Waals surface area contributed by atoms with Gasteiger partial charge < -0.3 is 9.30 Å². The standard InChI is InChI=1S/C21H17F3N4O3/c1-31-8-7-27-20(29)18-19(28(21(27)30)16-4-2-3-14(22)9-16)25-12-26(18)11-13-5-6-15(23)10-17(13)24/h2-6,9-10,12H,7-8,11H2,1H3. The highest BCUT2D eigenvalue weighted by molar-refractivity contribution is 5.72. The molecule has 2 heterocycles. The van der Waals surface area contributed by atoms with Crippen molar-refractivity contribution in [1.82, 2.24) is 18.7 Å². The molecule has 0 unspecified atom stereocenters. The fourth-order valence-corrected chi connectivity index (χ4v) is 3.36. The predicted molar refractivity (Wildman–Crippen MR) is 107 cm³/mol. The Morgan fingerprint density at radius 1 is 1.03 bits per heavy atom. The first-order valence-electron chi connectivity index (χ1n) is 9.30. The number of aromatic nitrogens is 4. The van der Waals surface area contributed by atoms with Crippen molar-refractivity contribution in [2.45, 2.75) is 13.1 Å². The summed E-state index contributed by atoms with van der Waals surface area (Å²) in [6.07, 6.45) is 1.28. The minimum absolute atomic E-state index is 0.00298. The van der Waals surface area contributed by atoms with Crippen LogP contribution in [0.3, 0.4) is 0 Å². The van der Waals surface area contributed by atoms with Crippen molar-refractivity contribution in [2.24, 2.45) is 0 Å². The van der Waals surface area contributed by atoms with Gasteiger partial charge in [-0.25, -0.2) is 27.5 Å². The van der Waals surface area contributed by atoms with Crippen molar-refractivity contribution in [3.63, 3.8) is 0 Å². The van der Waals surface area contributed by atoms with E-state index in [2.05, 4.69) is 4.98 Å². The summed E-state index contributed by atoms with van der Waals surface area (Å²) in [5, 5.41) is 0. The topological polar surface area (TPSA) is 71.1 Å². The third-order valence-corrected chi connectivity index (χ3v) is 4.84. The summed E-state index contributed by atoms with van der Waals surface area (Å²) in [5.41, 5.74) is -1.03. The number of methoxy groups -OCH3 is 1. The monoisotopic (exact) mass is 430 g/mol. The Morgan fingerprint density at radius 2 is 1.81 bits per heavy atom. The highest BCUT2D eigenvalue weighted by Gasteiger charge is 2.20. The average molecular weight is 430 g/mol. The Bertz CT molecular complexity index is 1390. The molecule has 0 bridgehead atoms. The molecule has 0 saturated carbocycles. The second-order valence-corrected chi connectivity index (χ2v) is 6.83. The van der Waals surface area contributed by atoms with Crippen molar-refractivity contribution in [3.8, 4) is 5.69 Å². The number of ether oxygens (including phenoxy) is 1. The summed E-state index contributed by atoms with van der Waals surface area (Å²) in [5.74, 6) is -2.07. The lowest BCUT2D eigenvalue weighted by Crippen LogP contribution is -2.41. The summed E-state index contributed by atoms with van der Waals surface area (Å²) in [6.45, 7) is -0.0798. The lowest BCUT2D eigenvalue weighted by atomic mass is 10.2. The Labute approximate surface area is 173 Å². The SMILES string of the molecule is COCCn1c(=O)c2c(ncn2Cc2ccc(F)cc2F)n(-c2cccc(F)c2)c1=O. The predicted octanol–water partition coefficient (Wildman–Crippen LogP) is 2.46. The number of hydrogen-bond donors (Lipinski definition) is 0. The maximum atomic E-state index is 14.2. The molecule has 10 heteroatoms. The van der Waals surface area contributed by atoms with Gasteiger partial charge in [-0.15, -0.1) is 0 Å². The molecule has 0 saturated heterocycles. The highest BCUT2D eigenvalue weighted by Crippen LogP contribution is 2.17. The Kier molecular flexibility index (Phi) is 5.47. The van der Waals surface area contributed by atoms with E-state index in [0.29, 0.717) is 0 Å². The van der Waals surface area contributed by atoms with Gasteiger partial charge in [-0.1, -0.05) is 12.1 Å². The fraction of sp³-hybridized carbons (Fsp3) is 0.190. The molecule has 0 N–H and O–H groups in total. The van der Waals surface area contributed by atoms with Crippen LogP contribution in [0.4, 0.5) is 13.2 Å². The van der Waals surface area contributed by atoms with Gasteiger partial charge in [-0.05, 0) is 24.3 Å². The number of benzene rings is 2. The van der Waals surface area contributed by atoms with Gasteiger partial charge in [0.1, 0.15) is 17.5 Å². The smallest absolute Gasteiger partial charge is 0.337 e. The van der Waals surface area contributed by atoms with Crippen LogP contribution in [0, 0.1) is 17.5 Å². The average Bonchev–Trinajstić information content (AvgIpc) is 3.13. The molecule has 0 amide bonds. The quantitative estimate of drug-likeness (QED) is 0.471. The first-order chi connectivity index (χ1) is 14.9. The molecule has 4 rings (SSSR count). The van der Waals surface area contributed by atoms with Gasteiger partial charge in [-0.2, -0.15) is 0 Å². The summed E-state index contributed by atoms with van der Waals surface area (Å²) in [6, 6.07) is 8.42. The van der Waals surface area contributed by atoms with E-state index >= 15 is 0 Å². The molecule has 0 radical (unpaired) electrons. The third-order valence-electron chi connectivity index (χ3n) is 4.84. The number of fused-ring (bicyclic) bond motifs is 1. The van der Waals surface area contributed by atoms with Crippen molar-refractivity contribution in [2.75, 3.05) is 13.7 Å². The van der Waals surface area contributed by atoms with E-state index in [1.165, 1.54) is 42.3 Å². The normalized spacial score (nSPS) is 11.4. The lowest BCUT2D eigenvalue weighted by Gasteiger charge is -2.13. The van der Waals surface area contributed by atoms with Gasteiger partial charge in [0.2, 0.25) is 0 Å². The van der Waals surface area contributed by atoms with E-state index in [-0.39, 0.29) is 42.1 Å². The maximum Gasteiger partial charge on any atom is 0.337 e. The van der Waals surface area contributed by atoms with Gasteiger partial charge in [0.25, 0.3) is 5.56 Å². The van der Waals surface area contributed by atoms with E-state index in [4.69, 9.17) is 4.74 Å². The van der Waals surface area contributed by atoms with Gasteiger partial charge in [0, 0.05) is 18.7 Å². The third kappa shape index (κ3) is 3.77. The fourth-order valence-electron chi connectivity index (χ4n) is 3.36. The molecule has 0 aliphatic heterocycles. The molecule has 2 aromatic heterocycles. The first-order valence-corrected chi connectivity index (χ1v) is 9.30. The first kappa shape index (κ1) is 20.6. The minimum Gasteiger partial charge on any atom is -0.383 e. The Balaban J connectivity index is 1.98. The molecule has 0 aliphatic carbocycles. The van der Waals surface area contributed by atoms with Crippen LogP contribution in [0.1, 0.15) is 5.56 Å². The van der Waals surface area contributed by atoms with Crippen LogP contribution in [0.2, 0.25) is 0 Å². The minimum atomic E-state index is -0.778. The van der Waals surface area contributed by atoms with Crippen molar-refractivity contribution in [1.29, 1.82) is 0 Å². The molecule has 160 valence electrons. The van der Waals surface area contributed by atoms with Crippen molar-refractivity contribution >= 4 is 11.2 Å². The highest BCUT2D eigenvalue weighted by atomic mass is 19.1. The van der Waals surface area contributed by atoms with Gasteiger partial charge >= 0.3 is 5.69 Å². The number of rotatable bonds is 6. The molecular formula is C21H17F3N4O3. The van der Waals surface area contributed by atoms with Crippen LogP contribution in [0.25, 0.3) is 16.9 Å². The van der Waals surface area contributed by atoms with Gasteiger partial charge in [-0.3, -0.25) is 9.36 Å². The molecule has 0 aliphatic rings. The zero-order valence-corrected chi connectivity index (χ0v) is 16.4. The molecule has 0 atom stereocenters. The van der Waals surface area contributed by atoms with E-state index in [9.17, 15) is 22.8 Å². The molecule has 7 nitrogen and oxygen atoms in total. The number of imidazole rings is 1. The summed E-state index contributed by atoms with van der Waals surface area (Å²) >= 11 is 0. The molecule has 2 aromatic carbocycles. The van der Waals surface area contributed by atoms with Gasteiger partial charge in [0.05, 0.1) is 31.7 Å². The number of hydrogen-bond acceptors (Lipinski definition) is 4. The van der Waals surface area contributed by atoms with Crippen LogP contribution in [-0.4, -0.2) is 32.4 Å². The number of nitrogens with zero attached hydrogens (tertiary/aromatic N) is 4. The zero-order chi connectivity index (χ0) is 22.1. The Hall–Kier alpha value is -3.66. The van der Waals surface area contributed by atoms with Crippen LogP contribution in [0.5, 0.6) is 0 Å². The van der Waals surface area contributed by atoms with E-state index in [1.807, 2.05) is 0 Å². The Morgan fingerprint density at radius 3 is 2.52 bits per heavy atom. The second-order valence-electron chi connectivity index (χ2n) is 6.83.